The lowest BCUT2D eigenvalue weighted by atomic mass is 10.1. The van der Waals surface area contributed by atoms with E-state index in [9.17, 15) is 9.90 Å². The predicted octanol–water partition coefficient (Wildman–Crippen LogP) is 6.05. The SMILES string of the molecule is CC=Cc1oc(CO)cc(=O)c1OCCCCCOc1ccc(Cl)c(Cl)c1CCC. The van der Waals surface area contributed by atoms with E-state index in [1.54, 1.807) is 18.2 Å². The predicted molar refractivity (Wildman–Crippen MR) is 121 cm³/mol. The van der Waals surface area contributed by atoms with Crippen LogP contribution < -0.4 is 14.9 Å². The van der Waals surface area contributed by atoms with Crippen LogP contribution >= 0.6 is 23.2 Å². The van der Waals surface area contributed by atoms with Crippen molar-refractivity contribution in [2.45, 2.75) is 52.6 Å². The quantitative estimate of drug-likeness (QED) is 0.395. The maximum Gasteiger partial charge on any atom is 0.227 e. The molecule has 0 spiro atoms. The van der Waals surface area contributed by atoms with Crippen LogP contribution in [0, 0.1) is 0 Å². The van der Waals surface area contributed by atoms with Crippen molar-refractivity contribution < 1.29 is 19.0 Å². The van der Waals surface area contributed by atoms with E-state index in [1.807, 2.05) is 13.0 Å². The smallest absolute Gasteiger partial charge is 0.227 e. The number of rotatable bonds is 12. The Balaban J connectivity index is 1.81. The minimum atomic E-state index is -0.334. The van der Waals surface area contributed by atoms with Gasteiger partial charge in [-0.15, -0.1) is 0 Å². The number of allylic oxidation sites excluding steroid dienone is 1. The van der Waals surface area contributed by atoms with Gasteiger partial charge in [-0.25, -0.2) is 0 Å². The van der Waals surface area contributed by atoms with Gasteiger partial charge in [0.1, 0.15) is 18.1 Å². The van der Waals surface area contributed by atoms with Gasteiger partial charge in [-0.05, 0) is 50.8 Å². The van der Waals surface area contributed by atoms with Crippen LogP contribution in [0.25, 0.3) is 6.08 Å². The normalized spacial score (nSPS) is 11.2. The van der Waals surface area contributed by atoms with E-state index >= 15 is 0 Å². The van der Waals surface area contributed by atoms with Crippen molar-refractivity contribution in [3.63, 3.8) is 0 Å². The van der Waals surface area contributed by atoms with Gasteiger partial charge in [0.15, 0.2) is 5.76 Å². The summed E-state index contributed by atoms with van der Waals surface area (Å²) in [5.74, 6) is 1.48. The molecule has 30 heavy (non-hydrogen) atoms. The number of ether oxygens (including phenoxy) is 2. The molecule has 0 aliphatic rings. The fourth-order valence-electron chi connectivity index (χ4n) is 2.96. The highest BCUT2D eigenvalue weighted by Gasteiger charge is 2.12. The van der Waals surface area contributed by atoms with E-state index in [-0.39, 0.29) is 23.5 Å². The van der Waals surface area contributed by atoms with E-state index < -0.39 is 0 Å². The third-order valence-corrected chi connectivity index (χ3v) is 5.24. The molecule has 2 rings (SSSR count). The molecule has 0 amide bonds. The van der Waals surface area contributed by atoms with Crippen LogP contribution in [-0.4, -0.2) is 18.3 Å². The van der Waals surface area contributed by atoms with Gasteiger partial charge in [0.25, 0.3) is 0 Å². The van der Waals surface area contributed by atoms with Crippen molar-refractivity contribution in [1.29, 1.82) is 0 Å². The molecule has 1 aromatic carbocycles. The summed E-state index contributed by atoms with van der Waals surface area (Å²) < 4.78 is 17.0. The van der Waals surface area contributed by atoms with Gasteiger partial charge in [0.2, 0.25) is 11.2 Å². The summed E-state index contributed by atoms with van der Waals surface area (Å²) in [6, 6.07) is 4.86. The standard InChI is InChI=1S/C23H28Cl2O5/c1-3-8-17-20(11-10-18(24)22(17)25)28-12-6-5-7-13-29-23-19(27)14-16(15-26)30-21(23)9-4-2/h4,9-11,14,26H,3,5-8,12-13,15H2,1-2H3. The molecule has 0 radical (unpaired) electrons. The van der Waals surface area contributed by atoms with Gasteiger partial charge < -0.3 is 19.0 Å². The minimum absolute atomic E-state index is 0.168. The molecule has 0 aliphatic heterocycles. The average molecular weight is 455 g/mol. The molecule has 1 aromatic heterocycles. The Morgan fingerprint density at radius 3 is 2.53 bits per heavy atom. The first-order valence-electron chi connectivity index (χ1n) is 10.1. The molecular formula is C23H28Cl2O5. The Hall–Kier alpha value is -1.95. The molecule has 0 saturated heterocycles. The molecule has 0 unspecified atom stereocenters. The molecule has 1 N–H and O–H groups in total. The second kappa shape index (κ2) is 12.7. The minimum Gasteiger partial charge on any atom is -0.493 e. The van der Waals surface area contributed by atoms with Crippen molar-refractivity contribution in [2.75, 3.05) is 13.2 Å². The second-order valence-corrected chi connectivity index (χ2v) is 7.56. The summed E-state index contributed by atoms with van der Waals surface area (Å²) in [4.78, 5) is 12.2. The molecule has 0 aliphatic carbocycles. The first-order chi connectivity index (χ1) is 14.5. The fraction of sp³-hybridized carbons (Fsp3) is 0.435. The highest BCUT2D eigenvalue weighted by Crippen LogP contribution is 2.34. The molecule has 7 heteroatoms. The Morgan fingerprint density at radius 1 is 1.13 bits per heavy atom. The van der Waals surface area contributed by atoms with Crippen LogP contribution in [0.4, 0.5) is 0 Å². The summed E-state index contributed by atoms with van der Waals surface area (Å²) in [5.41, 5.74) is 0.648. The third kappa shape index (κ3) is 6.79. The summed E-state index contributed by atoms with van der Waals surface area (Å²) in [7, 11) is 0. The Kier molecular flexibility index (Phi) is 10.3. The van der Waals surface area contributed by atoms with Crippen molar-refractivity contribution in [3.05, 3.63) is 61.6 Å². The number of halogens is 2. The highest BCUT2D eigenvalue weighted by atomic mass is 35.5. The molecule has 0 saturated carbocycles. The molecule has 0 fully saturated rings. The molecule has 0 atom stereocenters. The van der Waals surface area contributed by atoms with Gasteiger partial charge >= 0.3 is 0 Å². The first kappa shape index (κ1) is 24.3. The number of hydrogen-bond donors (Lipinski definition) is 1. The average Bonchev–Trinajstić information content (AvgIpc) is 2.73. The van der Waals surface area contributed by atoms with Gasteiger partial charge in [-0.3, -0.25) is 4.79 Å². The summed E-state index contributed by atoms with van der Waals surface area (Å²) in [5, 5.41) is 10.3. The van der Waals surface area contributed by atoms with E-state index in [0.717, 1.165) is 43.4 Å². The zero-order valence-corrected chi connectivity index (χ0v) is 18.9. The zero-order chi connectivity index (χ0) is 21.9. The van der Waals surface area contributed by atoms with Crippen LogP contribution in [0.1, 0.15) is 56.6 Å². The van der Waals surface area contributed by atoms with Crippen LogP contribution in [-0.2, 0) is 13.0 Å². The monoisotopic (exact) mass is 454 g/mol. The zero-order valence-electron chi connectivity index (χ0n) is 17.4. The van der Waals surface area contributed by atoms with Crippen LogP contribution in [0.3, 0.4) is 0 Å². The van der Waals surface area contributed by atoms with E-state index in [0.29, 0.717) is 29.0 Å². The van der Waals surface area contributed by atoms with Crippen LogP contribution in [0.15, 0.2) is 33.5 Å². The second-order valence-electron chi connectivity index (χ2n) is 6.77. The largest absolute Gasteiger partial charge is 0.493 e. The topological polar surface area (TPSA) is 68.9 Å². The molecule has 1 heterocycles. The molecule has 2 aromatic rings. The lowest BCUT2D eigenvalue weighted by Gasteiger charge is -2.13. The van der Waals surface area contributed by atoms with E-state index in [2.05, 4.69) is 6.92 Å². The summed E-state index contributed by atoms with van der Waals surface area (Å²) in [6.07, 6.45) is 7.65. The summed E-state index contributed by atoms with van der Waals surface area (Å²) >= 11 is 12.4. The van der Waals surface area contributed by atoms with Crippen LogP contribution in [0.2, 0.25) is 10.0 Å². The molecule has 5 nitrogen and oxygen atoms in total. The summed E-state index contributed by atoms with van der Waals surface area (Å²) in [6.45, 7) is 4.52. The molecule has 164 valence electrons. The van der Waals surface area contributed by atoms with Crippen molar-refractivity contribution in [3.8, 4) is 11.5 Å². The van der Waals surface area contributed by atoms with Crippen molar-refractivity contribution >= 4 is 29.3 Å². The van der Waals surface area contributed by atoms with Gasteiger partial charge in [0, 0.05) is 11.6 Å². The molecule has 0 bridgehead atoms. The van der Waals surface area contributed by atoms with Crippen LogP contribution in [0.5, 0.6) is 11.5 Å². The number of aliphatic hydroxyl groups excluding tert-OH is 1. The van der Waals surface area contributed by atoms with E-state index in [4.69, 9.17) is 37.1 Å². The Bertz CT molecular complexity index is 905. The van der Waals surface area contributed by atoms with Gasteiger partial charge in [-0.2, -0.15) is 0 Å². The maximum atomic E-state index is 12.2. The third-order valence-electron chi connectivity index (χ3n) is 4.40. The van der Waals surface area contributed by atoms with Gasteiger partial charge in [0.05, 0.1) is 23.3 Å². The number of unbranched alkanes of at least 4 members (excludes halogenated alkanes) is 2. The van der Waals surface area contributed by atoms with Crippen molar-refractivity contribution in [2.24, 2.45) is 0 Å². The lowest BCUT2D eigenvalue weighted by Crippen LogP contribution is -2.11. The number of benzene rings is 1. The maximum absolute atomic E-state index is 12.2. The Morgan fingerprint density at radius 2 is 1.87 bits per heavy atom. The van der Waals surface area contributed by atoms with Gasteiger partial charge in [-0.1, -0.05) is 42.6 Å². The van der Waals surface area contributed by atoms with Crippen molar-refractivity contribution in [1.82, 2.24) is 0 Å². The fourth-order valence-corrected chi connectivity index (χ4v) is 3.39. The lowest BCUT2D eigenvalue weighted by molar-refractivity contribution is 0.234. The first-order valence-corrected chi connectivity index (χ1v) is 10.9. The van der Waals surface area contributed by atoms with E-state index in [1.165, 1.54) is 6.07 Å². The number of aliphatic hydroxyl groups is 1. The Labute approximate surface area is 187 Å². The molecular weight excluding hydrogens is 427 g/mol. The number of hydrogen-bond acceptors (Lipinski definition) is 5. The highest BCUT2D eigenvalue weighted by molar-refractivity contribution is 6.42.